The van der Waals surface area contributed by atoms with Crippen molar-refractivity contribution in [3.63, 3.8) is 0 Å². The predicted molar refractivity (Wildman–Crippen MR) is 65.2 cm³/mol. The molecule has 3 nitrogen and oxygen atoms in total. The zero-order valence-corrected chi connectivity index (χ0v) is 10.2. The number of benzene rings is 1. The molecule has 0 spiro atoms. The minimum absolute atomic E-state index is 0.242. The van der Waals surface area contributed by atoms with Crippen molar-refractivity contribution in [2.24, 2.45) is 0 Å². The van der Waals surface area contributed by atoms with Gasteiger partial charge >= 0.3 is 0 Å². The first-order valence-electron chi connectivity index (χ1n) is 5.13. The lowest BCUT2D eigenvalue weighted by Crippen LogP contribution is -1.99. The minimum Gasteiger partial charge on any atom is -0.494 e. The zero-order valence-electron chi connectivity index (χ0n) is 9.49. The van der Waals surface area contributed by atoms with Crippen LogP contribution in [0.3, 0.4) is 0 Å². The van der Waals surface area contributed by atoms with E-state index in [9.17, 15) is 0 Å². The molecular weight excluding hydrogens is 224 g/mol. The number of nitrogens with zero attached hydrogens (tertiary/aromatic N) is 2. The molecule has 0 atom stereocenters. The van der Waals surface area contributed by atoms with Crippen molar-refractivity contribution >= 4 is 22.5 Å². The van der Waals surface area contributed by atoms with Crippen LogP contribution in [0.5, 0.6) is 5.75 Å². The summed E-state index contributed by atoms with van der Waals surface area (Å²) >= 11 is 6.13. The van der Waals surface area contributed by atoms with Crippen molar-refractivity contribution in [3.8, 4) is 5.75 Å². The first-order chi connectivity index (χ1) is 7.63. The Balaban J connectivity index is 2.77. The smallest absolute Gasteiger partial charge is 0.145 e. The summed E-state index contributed by atoms with van der Waals surface area (Å²) in [7, 11) is 1.62. The zero-order chi connectivity index (χ0) is 11.7. The summed E-state index contributed by atoms with van der Waals surface area (Å²) in [5.74, 6) is 1.71. The van der Waals surface area contributed by atoms with Crippen molar-refractivity contribution in [1.82, 2.24) is 9.97 Å². The molecule has 0 amide bonds. The fourth-order valence-corrected chi connectivity index (χ4v) is 1.77. The summed E-state index contributed by atoms with van der Waals surface area (Å²) in [5, 5.41) is 1.30. The highest BCUT2D eigenvalue weighted by molar-refractivity contribution is 6.34. The van der Waals surface area contributed by atoms with Gasteiger partial charge in [-0.3, -0.25) is 0 Å². The molecule has 0 saturated heterocycles. The molecule has 0 unspecified atom stereocenters. The highest BCUT2D eigenvalue weighted by Gasteiger charge is 2.11. The van der Waals surface area contributed by atoms with Crippen LogP contribution in [-0.2, 0) is 0 Å². The average molecular weight is 237 g/mol. The third-order valence-electron chi connectivity index (χ3n) is 2.40. The predicted octanol–water partition coefficient (Wildman–Crippen LogP) is 3.42. The molecule has 0 aliphatic rings. The van der Waals surface area contributed by atoms with Crippen molar-refractivity contribution < 1.29 is 4.74 Å². The second kappa shape index (κ2) is 4.26. The maximum Gasteiger partial charge on any atom is 0.145 e. The first-order valence-corrected chi connectivity index (χ1v) is 5.51. The van der Waals surface area contributed by atoms with Crippen LogP contribution in [-0.4, -0.2) is 17.1 Å². The van der Waals surface area contributed by atoms with Gasteiger partial charge < -0.3 is 4.74 Å². The van der Waals surface area contributed by atoms with E-state index in [1.807, 2.05) is 32.0 Å². The second-order valence-electron chi connectivity index (χ2n) is 3.88. The van der Waals surface area contributed by atoms with Gasteiger partial charge in [0.25, 0.3) is 0 Å². The molecule has 0 aliphatic carbocycles. The van der Waals surface area contributed by atoms with Crippen LogP contribution in [0.25, 0.3) is 10.9 Å². The number of methoxy groups -OCH3 is 1. The SMILES string of the molecule is COc1cccc2c(Cl)nc(C(C)C)nc12. The van der Waals surface area contributed by atoms with Crippen LogP contribution in [0.15, 0.2) is 18.2 Å². The normalized spacial score (nSPS) is 11.1. The Labute approximate surface area is 99.4 Å². The van der Waals surface area contributed by atoms with Gasteiger partial charge in [0.1, 0.15) is 22.2 Å². The molecule has 4 heteroatoms. The van der Waals surface area contributed by atoms with E-state index in [2.05, 4.69) is 9.97 Å². The molecule has 2 aromatic rings. The molecule has 16 heavy (non-hydrogen) atoms. The Morgan fingerprint density at radius 2 is 2.00 bits per heavy atom. The molecule has 1 heterocycles. The average Bonchev–Trinajstić information content (AvgIpc) is 2.28. The van der Waals surface area contributed by atoms with Crippen LogP contribution in [0.2, 0.25) is 5.15 Å². The third kappa shape index (κ3) is 1.83. The minimum atomic E-state index is 0.242. The Kier molecular flexibility index (Phi) is 2.97. The summed E-state index contributed by atoms with van der Waals surface area (Å²) < 4.78 is 5.27. The van der Waals surface area contributed by atoms with Crippen molar-refractivity contribution in [3.05, 3.63) is 29.2 Å². The van der Waals surface area contributed by atoms with Crippen LogP contribution in [0, 0.1) is 0 Å². The van der Waals surface area contributed by atoms with Gasteiger partial charge in [0.05, 0.1) is 7.11 Å². The Bertz CT molecular complexity index is 526. The lowest BCUT2D eigenvalue weighted by molar-refractivity contribution is 0.418. The number of ether oxygens (including phenoxy) is 1. The van der Waals surface area contributed by atoms with E-state index in [-0.39, 0.29) is 5.92 Å². The van der Waals surface area contributed by atoms with Crippen LogP contribution >= 0.6 is 11.6 Å². The molecule has 0 N–H and O–H groups in total. The molecule has 1 aromatic heterocycles. The van der Waals surface area contributed by atoms with Crippen molar-refractivity contribution in [2.75, 3.05) is 7.11 Å². The molecule has 0 saturated carbocycles. The molecule has 0 radical (unpaired) electrons. The van der Waals surface area contributed by atoms with E-state index in [0.29, 0.717) is 5.15 Å². The number of fused-ring (bicyclic) bond motifs is 1. The molecular formula is C12H13ClN2O. The highest BCUT2D eigenvalue weighted by atomic mass is 35.5. The van der Waals surface area contributed by atoms with E-state index < -0.39 is 0 Å². The second-order valence-corrected chi connectivity index (χ2v) is 4.24. The summed E-state index contributed by atoms with van der Waals surface area (Å²) in [6.45, 7) is 4.07. The van der Waals surface area contributed by atoms with Crippen LogP contribution in [0.4, 0.5) is 0 Å². The van der Waals surface area contributed by atoms with E-state index in [4.69, 9.17) is 16.3 Å². The van der Waals surface area contributed by atoms with Gasteiger partial charge in [-0.1, -0.05) is 31.5 Å². The van der Waals surface area contributed by atoms with Crippen LogP contribution < -0.4 is 4.74 Å². The molecule has 1 aromatic carbocycles. The lowest BCUT2D eigenvalue weighted by atomic mass is 10.2. The highest BCUT2D eigenvalue weighted by Crippen LogP contribution is 2.29. The molecule has 0 fully saturated rings. The summed E-state index contributed by atoms with van der Waals surface area (Å²) in [6.07, 6.45) is 0. The van der Waals surface area contributed by atoms with E-state index in [1.54, 1.807) is 7.11 Å². The van der Waals surface area contributed by atoms with Gasteiger partial charge in [0.2, 0.25) is 0 Å². The number of hydrogen-bond donors (Lipinski definition) is 0. The quantitative estimate of drug-likeness (QED) is 0.750. The van der Waals surface area contributed by atoms with Gasteiger partial charge in [-0.25, -0.2) is 9.97 Å². The van der Waals surface area contributed by atoms with Gasteiger partial charge in [-0.15, -0.1) is 0 Å². The fourth-order valence-electron chi connectivity index (χ4n) is 1.53. The standard InChI is InChI=1S/C12H13ClN2O/c1-7(2)12-14-10-8(11(13)15-12)5-4-6-9(10)16-3/h4-7H,1-3H3. The Morgan fingerprint density at radius 3 is 2.62 bits per heavy atom. The van der Waals surface area contributed by atoms with Gasteiger partial charge in [0.15, 0.2) is 0 Å². The molecule has 0 bridgehead atoms. The van der Waals surface area contributed by atoms with E-state index in [0.717, 1.165) is 22.5 Å². The fraction of sp³-hybridized carbons (Fsp3) is 0.333. The number of rotatable bonds is 2. The maximum atomic E-state index is 6.13. The van der Waals surface area contributed by atoms with Gasteiger partial charge in [0, 0.05) is 11.3 Å². The first kappa shape index (κ1) is 11.1. The van der Waals surface area contributed by atoms with Gasteiger partial charge in [-0.05, 0) is 12.1 Å². The third-order valence-corrected chi connectivity index (χ3v) is 2.68. The maximum absolute atomic E-state index is 6.13. The number of aromatic nitrogens is 2. The Hall–Kier alpha value is -1.35. The number of hydrogen-bond acceptors (Lipinski definition) is 3. The Morgan fingerprint density at radius 1 is 1.25 bits per heavy atom. The van der Waals surface area contributed by atoms with Crippen molar-refractivity contribution in [2.45, 2.75) is 19.8 Å². The summed E-state index contributed by atoms with van der Waals surface area (Å²) in [6, 6.07) is 5.64. The number of para-hydroxylation sites is 1. The largest absolute Gasteiger partial charge is 0.494 e. The molecule has 0 aliphatic heterocycles. The van der Waals surface area contributed by atoms with E-state index >= 15 is 0 Å². The molecule has 2 rings (SSSR count). The van der Waals surface area contributed by atoms with Crippen LogP contribution in [0.1, 0.15) is 25.6 Å². The topological polar surface area (TPSA) is 35.0 Å². The monoisotopic (exact) mass is 236 g/mol. The van der Waals surface area contributed by atoms with Crippen molar-refractivity contribution in [1.29, 1.82) is 0 Å². The van der Waals surface area contributed by atoms with E-state index in [1.165, 1.54) is 0 Å². The lowest BCUT2D eigenvalue weighted by Gasteiger charge is -2.09. The van der Waals surface area contributed by atoms with Gasteiger partial charge in [-0.2, -0.15) is 0 Å². The summed E-state index contributed by atoms with van der Waals surface area (Å²) in [5.41, 5.74) is 0.772. The summed E-state index contributed by atoms with van der Waals surface area (Å²) in [4.78, 5) is 8.76. The molecule has 84 valence electrons. The number of halogens is 1.